The van der Waals surface area contributed by atoms with Crippen LogP contribution in [0.25, 0.3) is 0 Å². The lowest BCUT2D eigenvalue weighted by Crippen LogP contribution is -2.35. The molecule has 5 heteroatoms. The van der Waals surface area contributed by atoms with Crippen LogP contribution in [0.1, 0.15) is 36.4 Å². The summed E-state index contributed by atoms with van der Waals surface area (Å²) in [5.41, 5.74) is 0.642. The van der Waals surface area contributed by atoms with Crippen LogP contribution in [0.5, 0.6) is 0 Å². The molecule has 2 rings (SSSR count). The number of thiazole rings is 1. The summed E-state index contributed by atoms with van der Waals surface area (Å²) < 4.78 is 25.2. The van der Waals surface area contributed by atoms with Gasteiger partial charge in [-0.25, -0.2) is 13.8 Å². The van der Waals surface area contributed by atoms with Crippen LogP contribution in [0.2, 0.25) is 0 Å². The molecule has 0 aliphatic heterocycles. The monoisotopic (exact) mass is 282 g/mol. The lowest BCUT2D eigenvalue weighted by molar-refractivity contribution is 0.151. The molecule has 1 heterocycles. The Kier molecular flexibility index (Phi) is 4.27. The predicted molar refractivity (Wildman–Crippen MR) is 73.4 cm³/mol. The average molecular weight is 282 g/mol. The van der Waals surface area contributed by atoms with Gasteiger partial charge in [-0.2, -0.15) is 0 Å². The number of hydrogen-bond acceptors (Lipinski definition) is 3. The van der Waals surface area contributed by atoms with Crippen molar-refractivity contribution in [3.63, 3.8) is 0 Å². The minimum absolute atomic E-state index is 0.0614. The molecule has 0 spiro atoms. The van der Waals surface area contributed by atoms with Crippen molar-refractivity contribution in [3.8, 4) is 0 Å². The summed E-state index contributed by atoms with van der Waals surface area (Å²) in [5.74, 6) is 0. The number of nitrogens with zero attached hydrogens (tertiary/aromatic N) is 1. The second kappa shape index (κ2) is 5.75. The molecular formula is C14H16F2N2S. The Morgan fingerprint density at radius 1 is 1.37 bits per heavy atom. The van der Waals surface area contributed by atoms with Gasteiger partial charge < -0.3 is 5.32 Å². The number of halogens is 2. The summed E-state index contributed by atoms with van der Waals surface area (Å²) in [7, 11) is 0. The number of hydrogen-bond donors (Lipinski definition) is 1. The Balaban J connectivity index is 2.04. The molecule has 1 aromatic carbocycles. The number of nitrogens with one attached hydrogen (secondary N) is 1. The molecule has 0 aliphatic rings. The quantitative estimate of drug-likeness (QED) is 0.893. The van der Waals surface area contributed by atoms with Crippen molar-refractivity contribution in [2.45, 2.75) is 32.4 Å². The standard InChI is InChI=1S/C14H16F2N2S/c1-14(2,13-17-6-7-19-13)18-9-10-4-3-5-11(8-10)12(15)16/h3-8,12,18H,9H2,1-2H3. The molecule has 19 heavy (non-hydrogen) atoms. The Morgan fingerprint density at radius 3 is 2.79 bits per heavy atom. The van der Waals surface area contributed by atoms with Crippen molar-refractivity contribution in [2.75, 3.05) is 0 Å². The highest BCUT2D eigenvalue weighted by Crippen LogP contribution is 2.23. The second-order valence-corrected chi connectivity index (χ2v) is 5.76. The maximum Gasteiger partial charge on any atom is 0.263 e. The van der Waals surface area contributed by atoms with Gasteiger partial charge in [0.1, 0.15) is 5.01 Å². The molecule has 0 atom stereocenters. The molecule has 0 amide bonds. The van der Waals surface area contributed by atoms with E-state index in [0.29, 0.717) is 6.54 Å². The molecule has 0 saturated heterocycles. The van der Waals surface area contributed by atoms with E-state index in [9.17, 15) is 8.78 Å². The zero-order chi connectivity index (χ0) is 13.9. The van der Waals surface area contributed by atoms with Crippen LogP contribution in [0.15, 0.2) is 35.8 Å². The smallest absolute Gasteiger partial charge is 0.263 e. The molecule has 1 aromatic heterocycles. The van der Waals surface area contributed by atoms with Crippen LogP contribution in [0.3, 0.4) is 0 Å². The summed E-state index contributed by atoms with van der Waals surface area (Å²) in [4.78, 5) is 4.28. The zero-order valence-electron chi connectivity index (χ0n) is 10.9. The van der Waals surface area contributed by atoms with Crippen molar-refractivity contribution in [1.82, 2.24) is 10.3 Å². The third-order valence-electron chi connectivity index (χ3n) is 2.90. The fourth-order valence-electron chi connectivity index (χ4n) is 1.77. The SMILES string of the molecule is CC(C)(NCc1cccc(C(F)F)c1)c1nccs1. The minimum atomic E-state index is -2.42. The van der Waals surface area contributed by atoms with Gasteiger partial charge in [-0.1, -0.05) is 18.2 Å². The van der Waals surface area contributed by atoms with Crippen molar-refractivity contribution < 1.29 is 8.78 Å². The summed E-state index contributed by atoms with van der Waals surface area (Å²) in [6.45, 7) is 4.60. The van der Waals surface area contributed by atoms with Crippen molar-refractivity contribution in [2.24, 2.45) is 0 Å². The molecular weight excluding hydrogens is 266 g/mol. The van der Waals surface area contributed by atoms with E-state index in [1.807, 2.05) is 25.3 Å². The lowest BCUT2D eigenvalue weighted by Gasteiger charge is -2.24. The first kappa shape index (κ1) is 14.1. The normalized spacial score (nSPS) is 12.1. The zero-order valence-corrected chi connectivity index (χ0v) is 11.7. The fraction of sp³-hybridized carbons (Fsp3) is 0.357. The summed E-state index contributed by atoms with van der Waals surface area (Å²) >= 11 is 1.58. The third-order valence-corrected chi connectivity index (χ3v) is 4.00. The highest BCUT2D eigenvalue weighted by Gasteiger charge is 2.22. The topological polar surface area (TPSA) is 24.9 Å². The first-order valence-electron chi connectivity index (χ1n) is 6.01. The Labute approximate surface area is 115 Å². The molecule has 0 unspecified atom stereocenters. The second-order valence-electron chi connectivity index (χ2n) is 4.86. The van der Waals surface area contributed by atoms with E-state index < -0.39 is 6.43 Å². The number of rotatable bonds is 5. The van der Waals surface area contributed by atoms with Crippen LogP contribution in [0, 0.1) is 0 Å². The minimum Gasteiger partial charge on any atom is -0.302 e. The van der Waals surface area contributed by atoms with E-state index in [1.165, 1.54) is 12.1 Å². The number of benzene rings is 1. The lowest BCUT2D eigenvalue weighted by atomic mass is 10.1. The Morgan fingerprint density at radius 2 is 2.16 bits per heavy atom. The van der Waals surface area contributed by atoms with Crippen molar-refractivity contribution in [1.29, 1.82) is 0 Å². The van der Waals surface area contributed by atoms with Crippen LogP contribution in [-0.4, -0.2) is 4.98 Å². The average Bonchev–Trinajstić information content (AvgIpc) is 2.91. The van der Waals surface area contributed by atoms with E-state index >= 15 is 0 Å². The van der Waals surface area contributed by atoms with Gasteiger partial charge in [-0.05, 0) is 25.5 Å². The maximum atomic E-state index is 12.6. The highest BCUT2D eigenvalue weighted by molar-refractivity contribution is 7.09. The van der Waals surface area contributed by atoms with Gasteiger partial charge in [-0.3, -0.25) is 0 Å². The molecule has 2 aromatic rings. The Bertz CT molecular complexity index is 524. The van der Waals surface area contributed by atoms with Crippen LogP contribution in [-0.2, 0) is 12.1 Å². The van der Waals surface area contributed by atoms with Gasteiger partial charge >= 0.3 is 0 Å². The predicted octanol–water partition coefficient (Wildman–Crippen LogP) is 4.11. The highest BCUT2D eigenvalue weighted by atomic mass is 32.1. The fourth-order valence-corrected chi connectivity index (χ4v) is 2.51. The van der Waals surface area contributed by atoms with Crippen molar-refractivity contribution in [3.05, 3.63) is 52.0 Å². The van der Waals surface area contributed by atoms with Crippen molar-refractivity contribution >= 4 is 11.3 Å². The van der Waals surface area contributed by atoms with Gasteiger partial charge in [0.2, 0.25) is 0 Å². The Hall–Kier alpha value is -1.33. The van der Waals surface area contributed by atoms with Gasteiger partial charge in [0, 0.05) is 23.7 Å². The molecule has 0 aliphatic carbocycles. The molecule has 0 saturated carbocycles. The van der Waals surface area contributed by atoms with Gasteiger partial charge in [0.25, 0.3) is 6.43 Å². The molecule has 0 fully saturated rings. The van der Waals surface area contributed by atoms with Gasteiger partial charge in [-0.15, -0.1) is 11.3 Å². The van der Waals surface area contributed by atoms with E-state index in [-0.39, 0.29) is 11.1 Å². The van der Waals surface area contributed by atoms with Gasteiger partial charge in [0.15, 0.2) is 0 Å². The van der Waals surface area contributed by atoms with Crippen LogP contribution >= 0.6 is 11.3 Å². The molecule has 102 valence electrons. The number of alkyl halides is 2. The summed E-state index contributed by atoms with van der Waals surface area (Å²) in [5, 5.41) is 6.26. The first-order valence-corrected chi connectivity index (χ1v) is 6.89. The first-order chi connectivity index (χ1) is 8.99. The molecule has 0 radical (unpaired) electrons. The summed E-state index contributed by atoms with van der Waals surface area (Å²) in [6, 6.07) is 6.49. The van der Waals surface area contributed by atoms with Crippen LogP contribution < -0.4 is 5.32 Å². The van der Waals surface area contributed by atoms with Gasteiger partial charge in [0.05, 0.1) is 5.54 Å². The van der Waals surface area contributed by atoms with E-state index in [0.717, 1.165) is 10.6 Å². The van der Waals surface area contributed by atoms with Crippen LogP contribution in [0.4, 0.5) is 8.78 Å². The van der Waals surface area contributed by atoms with E-state index in [2.05, 4.69) is 10.3 Å². The largest absolute Gasteiger partial charge is 0.302 e. The summed E-state index contributed by atoms with van der Waals surface area (Å²) in [6.07, 6.45) is -0.659. The molecule has 1 N–H and O–H groups in total. The van der Waals surface area contributed by atoms with E-state index in [4.69, 9.17) is 0 Å². The third kappa shape index (κ3) is 3.58. The molecule has 2 nitrogen and oxygen atoms in total. The molecule has 0 bridgehead atoms. The van der Waals surface area contributed by atoms with E-state index in [1.54, 1.807) is 23.6 Å². The number of aromatic nitrogens is 1. The maximum absolute atomic E-state index is 12.6.